The largest absolute Gasteiger partial charge is 0.393 e. The highest BCUT2D eigenvalue weighted by Crippen LogP contribution is 2.61. The Kier molecular flexibility index (Phi) is 2.64. The molecule has 0 heterocycles. The average Bonchev–Trinajstić information content (AvgIpc) is 2.74. The van der Waals surface area contributed by atoms with Crippen molar-refractivity contribution in [2.75, 3.05) is 0 Å². The van der Waals surface area contributed by atoms with Gasteiger partial charge in [0.05, 0.1) is 6.10 Å². The van der Waals surface area contributed by atoms with Gasteiger partial charge in [-0.15, -0.1) is 0 Å². The fourth-order valence-electron chi connectivity index (χ4n) is 5.58. The molecule has 0 aromatic heterocycles. The Labute approximate surface area is 122 Å². The van der Waals surface area contributed by atoms with Crippen molar-refractivity contribution in [3.05, 3.63) is 35.5 Å². The van der Waals surface area contributed by atoms with E-state index < -0.39 is 0 Å². The van der Waals surface area contributed by atoms with E-state index in [0.717, 1.165) is 12.8 Å². The highest BCUT2D eigenvalue weighted by atomic mass is 16.3. The zero-order valence-corrected chi connectivity index (χ0v) is 12.7. The van der Waals surface area contributed by atoms with Crippen LogP contribution >= 0.6 is 0 Å². The molecular weight excluding hydrogens is 244 g/mol. The lowest BCUT2D eigenvalue weighted by Gasteiger charge is -2.51. The van der Waals surface area contributed by atoms with Gasteiger partial charge < -0.3 is 5.11 Å². The Morgan fingerprint density at radius 3 is 2.90 bits per heavy atom. The lowest BCUT2D eigenvalue weighted by Crippen LogP contribution is -2.44. The lowest BCUT2D eigenvalue weighted by atomic mass is 9.53. The van der Waals surface area contributed by atoms with Crippen LogP contribution in [0.2, 0.25) is 0 Å². The van der Waals surface area contributed by atoms with Crippen LogP contribution in [0.15, 0.2) is 35.5 Å². The van der Waals surface area contributed by atoms with Gasteiger partial charge in [-0.25, -0.2) is 0 Å². The van der Waals surface area contributed by atoms with Crippen molar-refractivity contribution >= 4 is 0 Å². The first kappa shape index (κ1) is 12.9. The molecule has 0 unspecified atom stereocenters. The maximum absolute atomic E-state index is 10.4. The summed E-state index contributed by atoms with van der Waals surface area (Å²) in [5, 5.41) is 10.4. The van der Waals surface area contributed by atoms with Gasteiger partial charge in [-0.2, -0.15) is 0 Å². The Morgan fingerprint density at radius 2 is 2.05 bits per heavy atom. The van der Waals surface area contributed by atoms with Gasteiger partial charge in [0.2, 0.25) is 0 Å². The van der Waals surface area contributed by atoms with Crippen molar-refractivity contribution in [1.82, 2.24) is 0 Å². The molecule has 1 saturated carbocycles. The molecule has 0 radical (unpaired) electrons. The number of rotatable bonds is 0. The second-order valence-electron chi connectivity index (χ2n) is 7.84. The van der Waals surface area contributed by atoms with Gasteiger partial charge in [0.1, 0.15) is 0 Å². The molecule has 1 nitrogen and oxygen atoms in total. The molecule has 0 aromatic carbocycles. The Morgan fingerprint density at radius 1 is 1.20 bits per heavy atom. The molecule has 0 amide bonds. The smallest absolute Gasteiger partial charge is 0.0599 e. The molecule has 5 atom stereocenters. The van der Waals surface area contributed by atoms with Crippen molar-refractivity contribution in [2.45, 2.75) is 58.5 Å². The maximum atomic E-state index is 10.4. The summed E-state index contributed by atoms with van der Waals surface area (Å²) in [6, 6.07) is 0. The van der Waals surface area contributed by atoms with Gasteiger partial charge in [-0.1, -0.05) is 43.7 Å². The summed E-state index contributed by atoms with van der Waals surface area (Å²) < 4.78 is 0. The highest BCUT2D eigenvalue weighted by Gasteiger charge is 2.54. The van der Waals surface area contributed by atoms with E-state index in [-0.39, 0.29) is 16.9 Å². The molecule has 0 aliphatic heterocycles. The van der Waals surface area contributed by atoms with Crippen LogP contribution in [-0.4, -0.2) is 11.2 Å². The third-order valence-corrected chi connectivity index (χ3v) is 6.98. The zero-order valence-electron chi connectivity index (χ0n) is 12.7. The van der Waals surface area contributed by atoms with Gasteiger partial charge in [0, 0.05) is 10.8 Å². The highest BCUT2D eigenvalue weighted by molar-refractivity contribution is 5.44. The van der Waals surface area contributed by atoms with Gasteiger partial charge in [0.15, 0.2) is 0 Å². The number of aliphatic hydroxyl groups excluding tert-OH is 1. The van der Waals surface area contributed by atoms with Crippen molar-refractivity contribution in [3.63, 3.8) is 0 Å². The second-order valence-corrected chi connectivity index (χ2v) is 7.84. The van der Waals surface area contributed by atoms with Crippen molar-refractivity contribution in [3.8, 4) is 0 Å². The summed E-state index contributed by atoms with van der Waals surface area (Å²) in [5.74, 6) is 1.38. The minimum atomic E-state index is -0.0882. The van der Waals surface area contributed by atoms with Crippen LogP contribution in [0.5, 0.6) is 0 Å². The lowest BCUT2D eigenvalue weighted by molar-refractivity contribution is 0.0172. The van der Waals surface area contributed by atoms with Gasteiger partial charge in [-0.05, 0) is 55.9 Å². The summed E-state index contributed by atoms with van der Waals surface area (Å²) in [6.45, 7) is 4.78. The van der Waals surface area contributed by atoms with E-state index in [2.05, 4.69) is 38.2 Å². The van der Waals surface area contributed by atoms with Crippen LogP contribution in [0.25, 0.3) is 0 Å². The topological polar surface area (TPSA) is 20.2 Å². The van der Waals surface area contributed by atoms with Crippen molar-refractivity contribution in [1.29, 1.82) is 0 Å². The van der Waals surface area contributed by atoms with Crippen molar-refractivity contribution in [2.24, 2.45) is 22.7 Å². The number of aliphatic hydroxyl groups is 1. The van der Waals surface area contributed by atoms with E-state index in [4.69, 9.17) is 0 Å². The molecule has 0 bridgehead atoms. The summed E-state index contributed by atoms with van der Waals surface area (Å²) in [7, 11) is 0. The molecule has 0 aromatic rings. The van der Waals surface area contributed by atoms with Crippen LogP contribution < -0.4 is 0 Å². The quantitative estimate of drug-likeness (QED) is 0.647. The molecule has 0 spiro atoms. The van der Waals surface area contributed by atoms with Crippen LogP contribution in [0, 0.1) is 22.7 Å². The van der Waals surface area contributed by atoms with E-state index in [1.807, 2.05) is 0 Å². The van der Waals surface area contributed by atoms with E-state index in [0.29, 0.717) is 11.8 Å². The molecule has 1 fully saturated rings. The number of fused-ring (bicyclic) bond motifs is 5. The minimum Gasteiger partial charge on any atom is -0.393 e. The first-order valence-corrected chi connectivity index (χ1v) is 8.31. The van der Waals surface area contributed by atoms with Crippen LogP contribution in [0.1, 0.15) is 52.4 Å². The molecule has 0 saturated heterocycles. The van der Waals surface area contributed by atoms with E-state index in [9.17, 15) is 5.11 Å². The number of allylic oxidation sites excluding steroid dienone is 6. The normalized spacial score (nSPS) is 49.9. The molecule has 1 N–H and O–H groups in total. The molecule has 4 rings (SSSR count). The molecule has 108 valence electrons. The average molecular weight is 270 g/mol. The molecule has 1 heteroatoms. The maximum Gasteiger partial charge on any atom is 0.0599 e. The SMILES string of the molecule is C[C@]12CCC=CC1=CC[C@@H]1C2=CC[C@]2(C)[C@@H](O)CC[C@@H]12. The zero-order chi connectivity index (χ0) is 14.0. The Hall–Kier alpha value is -0.820. The second kappa shape index (κ2) is 4.10. The molecule has 4 aliphatic carbocycles. The van der Waals surface area contributed by atoms with E-state index in [1.54, 1.807) is 11.1 Å². The van der Waals surface area contributed by atoms with Crippen LogP contribution in [0.3, 0.4) is 0 Å². The summed E-state index contributed by atoms with van der Waals surface area (Å²) >= 11 is 0. The number of hydrogen-bond donors (Lipinski definition) is 1. The number of hydrogen-bond acceptors (Lipinski definition) is 1. The first-order chi connectivity index (χ1) is 9.56. The van der Waals surface area contributed by atoms with Crippen LogP contribution in [-0.2, 0) is 0 Å². The van der Waals surface area contributed by atoms with Crippen molar-refractivity contribution < 1.29 is 5.11 Å². The standard InChI is InChI=1S/C19H26O/c1-18-11-4-3-5-13(18)6-7-14-15-8-9-17(20)19(15,2)12-10-16(14)18/h3,5-6,10,14-15,17,20H,4,7-9,11-12H2,1-2H3/t14-,15-,17-,18-,19-/m0/s1. The predicted octanol–water partition coefficient (Wildman–Crippen LogP) is 4.40. The van der Waals surface area contributed by atoms with E-state index in [1.165, 1.54) is 25.7 Å². The Balaban J connectivity index is 1.78. The predicted molar refractivity (Wildman–Crippen MR) is 82.2 cm³/mol. The monoisotopic (exact) mass is 270 g/mol. The first-order valence-electron chi connectivity index (χ1n) is 8.31. The van der Waals surface area contributed by atoms with Gasteiger partial charge in [0.25, 0.3) is 0 Å². The molecular formula is C19H26O. The third-order valence-electron chi connectivity index (χ3n) is 6.98. The summed E-state index contributed by atoms with van der Waals surface area (Å²) in [4.78, 5) is 0. The molecule has 4 aliphatic rings. The van der Waals surface area contributed by atoms with Gasteiger partial charge >= 0.3 is 0 Å². The van der Waals surface area contributed by atoms with Crippen LogP contribution in [0.4, 0.5) is 0 Å². The summed E-state index contributed by atoms with van der Waals surface area (Å²) in [6.07, 6.45) is 16.6. The van der Waals surface area contributed by atoms with E-state index >= 15 is 0 Å². The fourth-order valence-corrected chi connectivity index (χ4v) is 5.58. The fraction of sp³-hybridized carbons (Fsp3) is 0.684. The summed E-state index contributed by atoms with van der Waals surface area (Å²) in [5.41, 5.74) is 3.68. The minimum absolute atomic E-state index is 0.0882. The third kappa shape index (κ3) is 1.48. The Bertz CT molecular complexity index is 526. The van der Waals surface area contributed by atoms with Gasteiger partial charge in [-0.3, -0.25) is 0 Å². The molecule has 20 heavy (non-hydrogen) atoms.